The van der Waals surface area contributed by atoms with Gasteiger partial charge in [-0.25, -0.2) is 0 Å². The Balaban J connectivity index is 2.03. The molecule has 0 aliphatic rings. The van der Waals surface area contributed by atoms with Crippen molar-refractivity contribution in [3.8, 4) is 6.07 Å². The summed E-state index contributed by atoms with van der Waals surface area (Å²) in [5.41, 5.74) is 0.868. The van der Waals surface area contributed by atoms with E-state index in [1.165, 1.54) is 6.92 Å². The summed E-state index contributed by atoms with van der Waals surface area (Å²) in [6.07, 6.45) is -0.957. The van der Waals surface area contributed by atoms with Crippen molar-refractivity contribution in [2.45, 2.75) is 32.3 Å². The van der Waals surface area contributed by atoms with Crippen LogP contribution in [0.4, 0.5) is 5.69 Å². The summed E-state index contributed by atoms with van der Waals surface area (Å²) >= 11 is 0. The molecule has 0 aliphatic carbocycles. The Labute approximate surface area is 147 Å². The molecule has 0 radical (unpaired) electrons. The number of esters is 1. The van der Waals surface area contributed by atoms with E-state index < -0.39 is 23.4 Å². The second-order valence-electron chi connectivity index (χ2n) is 6.22. The predicted molar refractivity (Wildman–Crippen MR) is 94.8 cm³/mol. The summed E-state index contributed by atoms with van der Waals surface area (Å²) in [7, 11) is 0. The van der Waals surface area contributed by atoms with Gasteiger partial charge in [0, 0.05) is 5.69 Å². The van der Waals surface area contributed by atoms with Gasteiger partial charge in [-0.2, -0.15) is 5.26 Å². The molecule has 25 heavy (non-hydrogen) atoms. The van der Waals surface area contributed by atoms with E-state index in [4.69, 9.17) is 10.00 Å². The first-order chi connectivity index (χ1) is 11.8. The smallest absolute Gasteiger partial charge is 0.316 e. The van der Waals surface area contributed by atoms with Gasteiger partial charge in [-0.1, -0.05) is 36.4 Å². The van der Waals surface area contributed by atoms with Crippen LogP contribution in [-0.4, -0.2) is 18.0 Å². The lowest BCUT2D eigenvalue weighted by molar-refractivity contribution is -0.158. The number of nitriles is 1. The molecule has 0 spiro atoms. The zero-order chi connectivity index (χ0) is 18.4. The summed E-state index contributed by atoms with van der Waals surface area (Å²) in [6, 6.07) is 17.8. The highest BCUT2D eigenvalue weighted by molar-refractivity contribution is 5.96. The third-order valence-electron chi connectivity index (χ3n) is 3.92. The van der Waals surface area contributed by atoms with Crippen LogP contribution in [0.3, 0.4) is 0 Å². The number of nitrogens with zero attached hydrogens (tertiary/aromatic N) is 1. The number of nitrogens with one attached hydrogen (secondary N) is 1. The number of hydrogen-bond acceptors (Lipinski definition) is 4. The highest BCUT2D eigenvalue weighted by Crippen LogP contribution is 2.25. The molecule has 0 aromatic heterocycles. The summed E-state index contributed by atoms with van der Waals surface area (Å²) in [4.78, 5) is 24.7. The van der Waals surface area contributed by atoms with Crippen molar-refractivity contribution in [2.75, 3.05) is 5.32 Å². The van der Waals surface area contributed by atoms with Gasteiger partial charge in [-0.3, -0.25) is 9.59 Å². The Hall–Kier alpha value is -3.13. The number of rotatable bonds is 5. The number of anilines is 1. The normalized spacial score (nSPS) is 11.9. The third-order valence-corrected chi connectivity index (χ3v) is 3.92. The topological polar surface area (TPSA) is 79.2 Å². The zero-order valence-electron chi connectivity index (χ0n) is 14.4. The van der Waals surface area contributed by atoms with E-state index in [0.717, 1.165) is 5.56 Å². The average molecular weight is 336 g/mol. The molecule has 2 rings (SSSR count). The molecule has 1 N–H and O–H groups in total. The minimum Gasteiger partial charge on any atom is -0.452 e. The Morgan fingerprint density at radius 2 is 1.80 bits per heavy atom. The van der Waals surface area contributed by atoms with E-state index in [1.54, 1.807) is 38.1 Å². The minimum atomic E-state index is -0.957. The first-order valence-corrected chi connectivity index (χ1v) is 7.92. The van der Waals surface area contributed by atoms with Gasteiger partial charge in [0.05, 0.1) is 17.0 Å². The van der Waals surface area contributed by atoms with Gasteiger partial charge in [0.25, 0.3) is 5.91 Å². The van der Waals surface area contributed by atoms with Crippen molar-refractivity contribution >= 4 is 17.6 Å². The lowest BCUT2D eigenvalue weighted by Gasteiger charge is -2.25. The van der Waals surface area contributed by atoms with Gasteiger partial charge in [-0.15, -0.1) is 0 Å². The van der Waals surface area contributed by atoms with Crippen molar-refractivity contribution in [3.63, 3.8) is 0 Å². The standard InChI is InChI=1S/C20H20N2O3/c1-14(18(23)22-17-11-7-8-15(12-17)13-21)25-19(24)20(2,3)16-9-5-4-6-10-16/h4-12,14H,1-3H3,(H,22,23)/t14-/m1/s1. The van der Waals surface area contributed by atoms with Crippen molar-refractivity contribution in [1.29, 1.82) is 5.26 Å². The van der Waals surface area contributed by atoms with Gasteiger partial charge in [0.15, 0.2) is 6.10 Å². The van der Waals surface area contributed by atoms with E-state index in [-0.39, 0.29) is 0 Å². The van der Waals surface area contributed by atoms with Crippen LogP contribution in [0.25, 0.3) is 0 Å². The van der Waals surface area contributed by atoms with Crippen molar-refractivity contribution in [1.82, 2.24) is 0 Å². The van der Waals surface area contributed by atoms with Gasteiger partial charge in [-0.05, 0) is 44.5 Å². The first kappa shape index (κ1) is 18.2. The van der Waals surface area contributed by atoms with E-state index in [1.807, 2.05) is 36.4 Å². The molecular formula is C20H20N2O3. The minimum absolute atomic E-state index is 0.438. The van der Waals surface area contributed by atoms with Crippen molar-refractivity contribution in [2.24, 2.45) is 0 Å². The summed E-state index contributed by atoms with van der Waals surface area (Å²) in [5.74, 6) is -0.931. The van der Waals surface area contributed by atoms with Gasteiger partial charge in [0.2, 0.25) is 0 Å². The van der Waals surface area contributed by atoms with Crippen LogP contribution in [0.2, 0.25) is 0 Å². The largest absolute Gasteiger partial charge is 0.452 e. The second-order valence-corrected chi connectivity index (χ2v) is 6.22. The molecule has 0 aliphatic heterocycles. The van der Waals surface area contributed by atoms with Crippen LogP contribution in [0.5, 0.6) is 0 Å². The van der Waals surface area contributed by atoms with E-state index >= 15 is 0 Å². The fourth-order valence-corrected chi connectivity index (χ4v) is 2.24. The van der Waals surface area contributed by atoms with E-state index in [9.17, 15) is 9.59 Å². The Morgan fingerprint density at radius 3 is 2.44 bits per heavy atom. The van der Waals surface area contributed by atoms with Crippen LogP contribution in [-0.2, 0) is 19.7 Å². The Bertz CT molecular complexity index is 807. The number of benzene rings is 2. The zero-order valence-corrected chi connectivity index (χ0v) is 14.4. The third kappa shape index (κ3) is 4.45. The maximum Gasteiger partial charge on any atom is 0.316 e. The molecule has 0 bridgehead atoms. The molecule has 0 unspecified atom stereocenters. The lowest BCUT2D eigenvalue weighted by Crippen LogP contribution is -2.37. The van der Waals surface area contributed by atoms with Crippen LogP contribution in [0.15, 0.2) is 54.6 Å². The van der Waals surface area contributed by atoms with Crippen molar-refractivity contribution < 1.29 is 14.3 Å². The highest BCUT2D eigenvalue weighted by Gasteiger charge is 2.33. The first-order valence-electron chi connectivity index (χ1n) is 7.92. The molecule has 0 fully saturated rings. The molecular weight excluding hydrogens is 316 g/mol. The highest BCUT2D eigenvalue weighted by atomic mass is 16.5. The molecule has 0 saturated heterocycles. The predicted octanol–water partition coefficient (Wildman–Crippen LogP) is 3.41. The lowest BCUT2D eigenvalue weighted by atomic mass is 9.85. The molecule has 5 nitrogen and oxygen atoms in total. The number of carbonyl (C=O) groups is 2. The fraction of sp³-hybridized carbons (Fsp3) is 0.250. The van der Waals surface area contributed by atoms with Crippen LogP contribution in [0.1, 0.15) is 31.9 Å². The van der Waals surface area contributed by atoms with Gasteiger partial charge < -0.3 is 10.1 Å². The van der Waals surface area contributed by atoms with Crippen molar-refractivity contribution in [3.05, 3.63) is 65.7 Å². The maximum atomic E-state index is 12.5. The summed E-state index contributed by atoms with van der Waals surface area (Å²) < 4.78 is 5.34. The van der Waals surface area contributed by atoms with Gasteiger partial charge in [0.1, 0.15) is 0 Å². The average Bonchev–Trinajstić information content (AvgIpc) is 2.62. The fourth-order valence-electron chi connectivity index (χ4n) is 2.24. The van der Waals surface area contributed by atoms with Crippen LogP contribution >= 0.6 is 0 Å². The Morgan fingerprint density at radius 1 is 1.12 bits per heavy atom. The molecule has 128 valence electrons. The molecule has 0 heterocycles. The number of ether oxygens (including phenoxy) is 1. The van der Waals surface area contributed by atoms with Crippen LogP contribution < -0.4 is 5.32 Å². The molecule has 2 aromatic rings. The van der Waals surface area contributed by atoms with Crippen LogP contribution in [0, 0.1) is 11.3 Å². The molecule has 1 amide bonds. The van der Waals surface area contributed by atoms with E-state index in [0.29, 0.717) is 11.3 Å². The SMILES string of the molecule is C[C@@H](OC(=O)C(C)(C)c1ccccc1)C(=O)Nc1cccc(C#N)c1. The molecule has 5 heteroatoms. The number of amides is 1. The summed E-state index contributed by atoms with van der Waals surface area (Å²) in [5, 5.41) is 11.5. The molecule has 2 aromatic carbocycles. The quantitative estimate of drug-likeness (QED) is 0.849. The monoisotopic (exact) mass is 336 g/mol. The second kappa shape index (κ2) is 7.63. The Kier molecular flexibility index (Phi) is 5.56. The molecule has 1 atom stereocenters. The summed E-state index contributed by atoms with van der Waals surface area (Å²) in [6.45, 7) is 5.03. The number of hydrogen-bond donors (Lipinski definition) is 1. The van der Waals surface area contributed by atoms with Gasteiger partial charge >= 0.3 is 5.97 Å². The molecule has 0 saturated carbocycles. The number of carbonyl (C=O) groups excluding carboxylic acids is 2. The maximum absolute atomic E-state index is 12.5. The van der Waals surface area contributed by atoms with E-state index in [2.05, 4.69) is 5.32 Å².